The Morgan fingerprint density at radius 2 is 1.92 bits per heavy atom. The average molecular weight is 376 g/mol. The molecule has 26 heavy (non-hydrogen) atoms. The highest BCUT2D eigenvalue weighted by atomic mass is 19.4. The molecule has 11 heteroatoms. The van der Waals surface area contributed by atoms with E-state index in [1.54, 1.807) is 5.32 Å². The second-order valence-corrected chi connectivity index (χ2v) is 5.97. The Balaban J connectivity index is 2.31. The van der Waals surface area contributed by atoms with Crippen molar-refractivity contribution in [2.24, 2.45) is 0 Å². The lowest BCUT2D eigenvalue weighted by molar-refractivity contribution is -0.385. The van der Waals surface area contributed by atoms with Gasteiger partial charge in [-0.15, -0.1) is 0 Å². The van der Waals surface area contributed by atoms with Gasteiger partial charge >= 0.3 is 12.1 Å². The van der Waals surface area contributed by atoms with Crippen molar-refractivity contribution in [3.8, 4) is 5.75 Å². The molecule has 0 saturated carbocycles. The van der Waals surface area contributed by atoms with Gasteiger partial charge in [0.05, 0.1) is 17.7 Å². The zero-order valence-corrected chi connectivity index (χ0v) is 14.3. The fourth-order valence-corrected chi connectivity index (χ4v) is 2.61. The van der Waals surface area contributed by atoms with E-state index < -0.39 is 22.7 Å². The summed E-state index contributed by atoms with van der Waals surface area (Å²) in [4.78, 5) is 25.9. The summed E-state index contributed by atoms with van der Waals surface area (Å²) < 4.78 is 42.4. The van der Waals surface area contributed by atoms with Crippen LogP contribution in [0.25, 0.3) is 0 Å². The molecule has 1 aromatic rings. The van der Waals surface area contributed by atoms with Gasteiger partial charge in [-0.1, -0.05) is 0 Å². The van der Waals surface area contributed by atoms with Crippen molar-refractivity contribution in [3.63, 3.8) is 0 Å². The normalized spacial score (nSPS) is 16.3. The maximum atomic E-state index is 12.5. The SMILES string of the molecule is COc1cc(CN2CCN(C)CC2)c([N+](=O)[O-])cc1NC(=O)C(F)(F)F. The Labute approximate surface area is 147 Å². The van der Waals surface area contributed by atoms with E-state index in [0.29, 0.717) is 18.7 Å². The van der Waals surface area contributed by atoms with E-state index in [4.69, 9.17) is 4.74 Å². The number of nitro benzene ring substituents is 1. The van der Waals surface area contributed by atoms with Gasteiger partial charge in [-0.2, -0.15) is 13.2 Å². The van der Waals surface area contributed by atoms with Gasteiger partial charge in [0.1, 0.15) is 5.75 Å². The van der Waals surface area contributed by atoms with Gasteiger partial charge in [-0.05, 0) is 13.1 Å². The number of hydrogen-bond donors (Lipinski definition) is 1. The first-order valence-electron chi connectivity index (χ1n) is 7.76. The van der Waals surface area contributed by atoms with Gasteiger partial charge in [0.25, 0.3) is 5.69 Å². The predicted octanol–water partition coefficient (Wildman–Crippen LogP) is 1.85. The summed E-state index contributed by atoms with van der Waals surface area (Å²) in [6, 6.07) is 2.19. The van der Waals surface area contributed by atoms with Crippen LogP contribution < -0.4 is 10.1 Å². The van der Waals surface area contributed by atoms with Crippen molar-refractivity contribution in [1.82, 2.24) is 9.80 Å². The first-order valence-corrected chi connectivity index (χ1v) is 7.76. The molecule has 0 spiro atoms. The van der Waals surface area contributed by atoms with Crippen LogP contribution in [-0.2, 0) is 11.3 Å². The fourth-order valence-electron chi connectivity index (χ4n) is 2.61. The number of methoxy groups -OCH3 is 1. The summed E-state index contributed by atoms with van der Waals surface area (Å²) >= 11 is 0. The van der Waals surface area contributed by atoms with Crippen LogP contribution in [-0.4, -0.2) is 67.1 Å². The van der Waals surface area contributed by atoms with Crippen LogP contribution in [0.4, 0.5) is 24.5 Å². The lowest BCUT2D eigenvalue weighted by Gasteiger charge is -2.32. The summed E-state index contributed by atoms with van der Waals surface area (Å²) in [5.41, 5.74) is -0.465. The Hall–Kier alpha value is -2.40. The molecule has 0 aliphatic carbocycles. The lowest BCUT2D eigenvalue weighted by atomic mass is 10.1. The number of nitrogens with one attached hydrogen (secondary N) is 1. The molecule has 0 aromatic heterocycles. The highest BCUT2D eigenvalue weighted by molar-refractivity contribution is 5.96. The number of alkyl halides is 3. The maximum absolute atomic E-state index is 12.5. The van der Waals surface area contributed by atoms with E-state index in [-0.39, 0.29) is 18.0 Å². The van der Waals surface area contributed by atoms with Crippen LogP contribution >= 0.6 is 0 Å². The van der Waals surface area contributed by atoms with E-state index in [1.807, 2.05) is 11.9 Å². The highest BCUT2D eigenvalue weighted by Gasteiger charge is 2.39. The molecule has 0 unspecified atom stereocenters. The van der Waals surface area contributed by atoms with E-state index in [1.165, 1.54) is 13.2 Å². The summed E-state index contributed by atoms with van der Waals surface area (Å²) in [5, 5.41) is 13.0. The number of halogens is 3. The number of nitro groups is 1. The molecule has 144 valence electrons. The van der Waals surface area contributed by atoms with Crippen molar-refractivity contribution < 1.29 is 27.6 Å². The number of piperazine rings is 1. The summed E-state index contributed by atoms with van der Waals surface area (Å²) in [5.74, 6) is -2.30. The molecule has 1 aliphatic rings. The summed E-state index contributed by atoms with van der Waals surface area (Å²) in [6.07, 6.45) is -5.11. The van der Waals surface area contributed by atoms with Crippen LogP contribution in [0.3, 0.4) is 0 Å². The number of carbonyl (C=O) groups excluding carboxylic acids is 1. The van der Waals surface area contributed by atoms with E-state index in [2.05, 4.69) is 4.90 Å². The number of rotatable bonds is 5. The minimum atomic E-state index is -5.11. The van der Waals surface area contributed by atoms with Crippen LogP contribution in [0, 0.1) is 10.1 Å². The van der Waals surface area contributed by atoms with E-state index in [9.17, 15) is 28.1 Å². The van der Waals surface area contributed by atoms with Crippen molar-refractivity contribution in [1.29, 1.82) is 0 Å². The molecular weight excluding hydrogens is 357 g/mol. The minimum Gasteiger partial charge on any atom is -0.495 e. The monoisotopic (exact) mass is 376 g/mol. The molecular formula is C15H19F3N4O4. The smallest absolute Gasteiger partial charge is 0.471 e. The first kappa shape index (κ1) is 19.9. The van der Waals surface area contributed by atoms with Gasteiger partial charge < -0.3 is 15.0 Å². The number of hydrogen-bond acceptors (Lipinski definition) is 6. The quantitative estimate of drug-likeness (QED) is 0.623. The Bertz CT molecular complexity index is 688. The second-order valence-electron chi connectivity index (χ2n) is 5.97. The van der Waals surface area contributed by atoms with Crippen molar-refractivity contribution in [2.45, 2.75) is 12.7 Å². The van der Waals surface area contributed by atoms with Crippen molar-refractivity contribution in [2.75, 3.05) is 45.7 Å². The maximum Gasteiger partial charge on any atom is 0.471 e. The fraction of sp³-hybridized carbons (Fsp3) is 0.533. The number of amides is 1. The third-order valence-electron chi connectivity index (χ3n) is 4.09. The third kappa shape index (κ3) is 4.82. The molecule has 1 aliphatic heterocycles. The van der Waals surface area contributed by atoms with Gasteiger partial charge in [0, 0.05) is 44.4 Å². The zero-order chi connectivity index (χ0) is 19.5. The van der Waals surface area contributed by atoms with E-state index >= 15 is 0 Å². The van der Waals surface area contributed by atoms with Gasteiger partial charge in [0.2, 0.25) is 0 Å². The average Bonchev–Trinajstić information content (AvgIpc) is 2.56. The van der Waals surface area contributed by atoms with Crippen LogP contribution in [0.5, 0.6) is 5.75 Å². The van der Waals surface area contributed by atoms with Crippen LogP contribution in [0.15, 0.2) is 12.1 Å². The number of anilines is 1. The van der Waals surface area contributed by atoms with Gasteiger partial charge in [-0.25, -0.2) is 0 Å². The number of nitrogens with zero attached hydrogens (tertiary/aromatic N) is 3. The number of benzene rings is 1. The molecule has 0 bridgehead atoms. The predicted molar refractivity (Wildman–Crippen MR) is 87.1 cm³/mol. The molecule has 1 aromatic carbocycles. The Morgan fingerprint density at radius 1 is 1.31 bits per heavy atom. The summed E-state index contributed by atoms with van der Waals surface area (Å²) in [6.45, 7) is 3.30. The van der Waals surface area contributed by atoms with E-state index in [0.717, 1.165) is 19.2 Å². The van der Waals surface area contributed by atoms with Gasteiger partial charge in [0.15, 0.2) is 0 Å². The van der Waals surface area contributed by atoms with Crippen LogP contribution in [0.1, 0.15) is 5.56 Å². The number of ether oxygens (including phenoxy) is 1. The Kier molecular flexibility index (Phi) is 6.03. The first-order chi connectivity index (χ1) is 12.1. The zero-order valence-electron chi connectivity index (χ0n) is 14.3. The molecule has 2 rings (SSSR count). The molecule has 1 N–H and O–H groups in total. The highest BCUT2D eigenvalue weighted by Crippen LogP contribution is 2.34. The van der Waals surface area contributed by atoms with Crippen molar-refractivity contribution in [3.05, 3.63) is 27.8 Å². The van der Waals surface area contributed by atoms with Gasteiger partial charge in [-0.3, -0.25) is 19.8 Å². The Morgan fingerprint density at radius 3 is 2.42 bits per heavy atom. The molecule has 1 amide bonds. The molecule has 1 saturated heterocycles. The standard InChI is InChI=1S/C15H19F3N4O4/c1-20-3-5-21(6-4-20)9-10-7-13(26-2)11(8-12(10)22(24)25)19-14(23)15(16,17)18/h7-8H,3-6,9H2,1-2H3,(H,19,23). The van der Waals surface area contributed by atoms with Crippen molar-refractivity contribution >= 4 is 17.3 Å². The third-order valence-corrected chi connectivity index (χ3v) is 4.09. The largest absolute Gasteiger partial charge is 0.495 e. The van der Waals surface area contributed by atoms with Crippen LogP contribution in [0.2, 0.25) is 0 Å². The molecule has 0 atom stereocenters. The minimum absolute atomic E-state index is 0.0719. The second kappa shape index (κ2) is 7.87. The number of carbonyl (C=O) groups is 1. The molecule has 1 fully saturated rings. The lowest BCUT2D eigenvalue weighted by Crippen LogP contribution is -2.43. The summed E-state index contributed by atoms with van der Waals surface area (Å²) in [7, 11) is 3.19. The topological polar surface area (TPSA) is 87.9 Å². The number of likely N-dealkylation sites (N-methyl/N-ethyl adjacent to an activating group) is 1. The molecule has 8 nitrogen and oxygen atoms in total. The molecule has 1 heterocycles. The molecule has 0 radical (unpaired) electrons.